The van der Waals surface area contributed by atoms with Gasteiger partial charge in [-0.25, -0.2) is 21.9 Å². The van der Waals surface area contributed by atoms with E-state index in [9.17, 15) is 35.2 Å². The zero-order valence-corrected chi connectivity index (χ0v) is 16.2. The summed E-state index contributed by atoms with van der Waals surface area (Å²) in [7, 11) is -2.77. The van der Waals surface area contributed by atoms with Gasteiger partial charge in [0.25, 0.3) is 11.8 Å². The molecule has 0 saturated heterocycles. The number of halogens is 5. The Hall–Kier alpha value is -2.73. The van der Waals surface area contributed by atoms with Crippen LogP contribution in [0.25, 0.3) is 0 Å². The first-order valence-electron chi connectivity index (χ1n) is 8.54. The van der Waals surface area contributed by atoms with E-state index in [1.54, 1.807) is 0 Å². The lowest BCUT2D eigenvalue weighted by Crippen LogP contribution is -2.30. The van der Waals surface area contributed by atoms with Gasteiger partial charge in [0.2, 0.25) is 10.0 Å². The van der Waals surface area contributed by atoms with Gasteiger partial charge in [-0.2, -0.15) is 13.2 Å². The summed E-state index contributed by atoms with van der Waals surface area (Å²) in [6.07, 6.45) is -5.06. The molecule has 30 heavy (non-hydrogen) atoms. The topological polar surface area (TPSA) is 87.3 Å². The lowest BCUT2D eigenvalue weighted by atomic mass is 10.1. The number of amides is 1. The molecule has 2 aromatic rings. The minimum absolute atomic E-state index is 0.0336. The molecular formula is C18H16F5N3O3S. The van der Waals surface area contributed by atoms with E-state index >= 15 is 0 Å². The second kappa shape index (κ2) is 7.51. The van der Waals surface area contributed by atoms with Gasteiger partial charge in [-0.05, 0) is 49.5 Å². The van der Waals surface area contributed by atoms with Crippen molar-refractivity contribution >= 4 is 27.3 Å². The highest BCUT2D eigenvalue weighted by Gasteiger charge is 2.58. The average Bonchev–Trinajstić information content (AvgIpc) is 3.27. The van der Waals surface area contributed by atoms with Gasteiger partial charge in [-0.1, -0.05) is 0 Å². The second-order valence-corrected chi connectivity index (χ2v) is 8.49. The third-order valence-corrected chi connectivity index (χ3v) is 5.85. The van der Waals surface area contributed by atoms with Crippen LogP contribution in [0.3, 0.4) is 0 Å². The number of nitrogens with one attached hydrogen (secondary N) is 3. The predicted octanol–water partition coefficient (Wildman–Crippen LogP) is 3.49. The van der Waals surface area contributed by atoms with Crippen LogP contribution in [0, 0.1) is 0 Å². The van der Waals surface area contributed by atoms with Gasteiger partial charge in [0.15, 0.2) is 0 Å². The van der Waals surface area contributed by atoms with Crippen LogP contribution in [-0.2, 0) is 16.2 Å². The highest BCUT2D eigenvalue weighted by Crippen LogP contribution is 2.42. The van der Waals surface area contributed by atoms with Crippen molar-refractivity contribution < 1.29 is 35.2 Å². The summed E-state index contributed by atoms with van der Waals surface area (Å²) in [6, 6.07) is 5.92. The number of carbonyl (C=O) groups excluding carboxylic acids is 1. The van der Waals surface area contributed by atoms with Crippen LogP contribution in [0.15, 0.2) is 47.4 Å². The number of anilines is 2. The van der Waals surface area contributed by atoms with Crippen LogP contribution in [0.2, 0.25) is 0 Å². The summed E-state index contributed by atoms with van der Waals surface area (Å²) >= 11 is 0. The highest BCUT2D eigenvalue weighted by atomic mass is 32.2. The Morgan fingerprint density at radius 3 is 2.20 bits per heavy atom. The van der Waals surface area contributed by atoms with Gasteiger partial charge in [0, 0.05) is 12.1 Å². The number of hydrogen-bond donors (Lipinski definition) is 3. The predicted molar refractivity (Wildman–Crippen MR) is 98.2 cm³/mol. The monoisotopic (exact) mass is 449 g/mol. The van der Waals surface area contributed by atoms with Crippen LogP contribution in [0.4, 0.5) is 33.3 Å². The Balaban J connectivity index is 1.93. The second-order valence-electron chi connectivity index (χ2n) is 6.61. The zero-order valence-electron chi connectivity index (χ0n) is 15.3. The molecule has 6 nitrogen and oxygen atoms in total. The summed E-state index contributed by atoms with van der Waals surface area (Å²) in [5.74, 6) is -3.98. The lowest BCUT2D eigenvalue weighted by molar-refractivity contribution is -0.137. The van der Waals surface area contributed by atoms with Gasteiger partial charge in [0.05, 0.1) is 27.8 Å². The Labute approximate surface area is 168 Å². The fourth-order valence-corrected chi connectivity index (χ4v) is 3.37. The smallest absolute Gasteiger partial charge is 0.355 e. The molecule has 1 aliphatic rings. The number of alkyl halides is 5. The van der Waals surface area contributed by atoms with Gasteiger partial charge in [-0.15, -0.1) is 0 Å². The van der Waals surface area contributed by atoms with Crippen LogP contribution in [0.5, 0.6) is 0 Å². The third kappa shape index (κ3) is 4.70. The first-order chi connectivity index (χ1) is 13.8. The normalized spacial score (nSPS) is 18.0. The highest BCUT2D eigenvalue weighted by molar-refractivity contribution is 7.89. The lowest BCUT2D eigenvalue weighted by Gasteiger charge is -2.15. The Morgan fingerprint density at radius 1 is 1.10 bits per heavy atom. The minimum Gasteiger partial charge on any atom is -0.355 e. The minimum atomic E-state index is -4.53. The summed E-state index contributed by atoms with van der Waals surface area (Å²) in [5.41, 5.74) is -0.921. The van der Waals surface area contributed by atoms with Crippen LogP contribution in [0.1, 0.15) is 22.3 Å². The Morgan fingerprint density at radius 2 is 1.70 bits per heavy atom. The van der Waals surface area contributed by atoms with Gasteiger partial charge in [-0.3, -0.25) is 4.79 Å². The van der Waals surface area contributed by atoms with Crippen molar-refractivity contribution in [3.05, 3.63) is 53.6 Å². The molecule has 1 aliphatic carbocycles. The molecule has 0 spiro atoms. The van der Waals surface area contributed by atoms with Gasteiger partial charge in [0.1, 0.15) is 0 Å². The summed E-state index contributed by atoms with van der Waals surface area (Å²) in [4.78, 5) is 12.2. The Bertz CT molecular complexity index is 1070. The standard InChI is InChI=1S/C18H16F5N3O3S/c1-24-30(28,29)12-6-7-14(13(8-12)16(27)26-15-9-17(15,19)20)25-11-4-2-10(3-5-11)18(21,22)23/h2-8,15,24-25H,9H2,1H3,(H,26,27). The van der Waals surface area contributed by atoms with Crippen molar-refractivity contribution in [2.45, 2.75) is 29.5 Å². The largest absolute Gasteiger partial charge is 0.416 e. The van der Waals surface area contributed by atoms with Crippen molar-refractivity contribution in [2.24, 2.45) is 0 Å². The number of benzene rings is 2. The van der Waals surface area contributed by atoms with E-state index < -0.39 is 46.1 Å². The Kier molecular flexibility index (Phi) is 5.50. The molecule has 2 aromatic carbocycles. The molecule has 3 rings (SSSR count). The van der Waals surface area contributed by atoms with Crippen molar-refractivity contribution in [3.63, 3.8) is 0 Å². The number of rotatable bonds is 6. The maximum absolute atomic E-state index is 13.1. The van der Waals surface area contributed by atoms with Crippen molar-refractivity contribution in [2.75, 3.05) is 12.4 Å². The molecule has 0 heterocycles. The molecule has 1 unspecified atom stereocenters. The van der Waals surface area contributed by atoms with Crippen molar-refractivity contribution in [1.29, 1.82) is 0 Å². The van der Waals surface area contributed by atoms with Crippen molar-refractivity contribution in [3.8, 4) is 0 Å². The van der Waals surface area contributed by atoms with E-state index in [2.05, 4.69) is 15.4 Å². The molecule has 1 saturated carbocycles. The molecular weight excluding hydrogens is 433 g/mol. The van der Waals surface area contributed by atoms with E-state index in [1.807, 2.05) is 0 Å². The molecule has 0 radical (unpaired) electrons. The molecule has 3 N–H and O–H groups in total. The maximum atomic E-state index is 13.1. The van der Waals surface area contributed by atoms with Crippen LogP contribution in [-0.4, -0.2) is 33.3 Å². The first-order valence-corrected chi connectivity index (χ1v) is 10.0. The SMILES string of the molecule is CNS(=O)(=O)c1ccc(Nc2ccc(C(F)(F)F)cc2)c(C(=O)NC2CC2(F)F)c1. The summed E-state index contributed by atoms with van der Waals surface area (Å²) < 4.78 is 90.5. The summed E-state index contributed by atoms with van der Waals surface area (Å²) in [6.45, 7) is 0. The molecule has 0 bridgehead atoms. The van der Waals surface area contributed by atoms with E-state index in [0.29, 0.717) is 0 Å². The van der Waals surface area contributed by atoms with E-state index in [1.165, 1.54) is 12.1 Å². The fraction of sp³-hybridized carbons (Fsp3) is 0.278. The number of carbonyl (C=O) groups is 1. The van der Waals surface area contributed by atoms with E-state index in [4.69, 9.17) is 0 Å². The molecule has 1 amide bonds. The average molecular weight is 449 g/mol. The van der Waals surface area contributed by atoms with Gasteiger partial charge < -0.3 is 10.6 Å². The number of hydrogen-bond acceptors (Lipinski definition) is 4. The maximum Gasteiger partial charge on any atom is 0.416 e. The molecule has 0 aliphatic heterocycles. The quantitative estimate of drug-likeness (QED) is 0.590. The van der Waals surface area contributed by atoms with Gasteiger partial charge >= 0.3 is 6.18 Å². The summed E-state index contributed by atoms with van der Waals surface area (Å²) in [5, 5.41) is 4.83. The fourth-order valence-electron chi connectivity index (χ4n) is 2.61. The van der Waals surface area contributed by atoms with Crippen molar-refractivity contribution in [1.82, 2.24) is 10.0 Å². The molecule has 0 aromatic heterocycles. The van der Waals surface area contributed by atoms with Crippen LogP contribution < -0.4 is 15.4 Å². The zero-order chi connectivity index (χ0) is 22.3. The third-order valence-electron chi connectivity index (χ3n) is 4.44. The molecule has 162 valence electrons. The van der Waals surface area contributed by atoms with Crippen LogP contribution >= 0.6 is 0 Å². The molecule has 12 heteroatoms. The molecule has 1 fully saturated rings. The first kappa shape index (κ1) is 22.0. The number of sulfonamides is 1. The van der Waals surface area contributed by atoms with E-state index in [0.717, 1.165) is 37.4 Å². The van der Waals surface area contributed by atoms with E-state index in [-0.39, 0.29) is 21.8 Å². The molecule has 1 atom stereocenters.